The average molecular weight is 432 g/mol. The second kappa shape index (κ2) is 9.36. The summed E-state index contributed by atoms with van der Waals surface area (Å²) < 4.78 is 49.3. The third-order valence-corrected chi connectivity index (χ3v) is 4.61. The summed E-state index contributed by atoms with van der Waals surface area (Å²) in [4.78, 5) is 4.30. The van der Waals surface area contributed by atoms with Crippen molar-refractivity contribution in [2.45, 2.75) is 39.6 Å². The van der Waals surface area contributed by atoms with E-state index in [9.17, 15) is 13.2 Å². The zero-order valence-electron chi connectivity index (χ0n) is 17.3. The Bertz CT molecular complexity index is 1060. The predicted octanol–water partition coefficient (Wildman–Crippen LogP) is 6.02. The van der Waals surface area contributed by atoms with Gasteiger partial charge in [0.15, 0.2) is 0 Å². The summed E-state index contributed by atoms with van der Waals surface area (Å²) >= 11 is 0. The second-order valence-electron chi connectivity index (χ2n) is 7.31. The SMILES string of the molecule is C/C(=C\C(C)NO)c1cc(C)cc(OCc2coc(-c3ccc(C(F)(F)F)cc3)n2)c1. The van der Waals surface area contributed by atoms with Crippen LogP contribution in [0, 0.1) is 6.92 Å². The monoisotopic (exact) mass is 432 g/mol. The Morgan fingerprint density at radius 2 is 1.94 bits per heavy atom. The molecule has 0 aliphatic rings. The number of benzene rings is 2. The number of hydrogen-bond donors (Lipinski definition) is 2. The molecule has 0 spiro atoms. The molecule has 5 nitrogen and oxygen atoms in total. The summed E-state index contributed by atoms with van der Waals surface area (Å²) in [5.74, 6) is 0.868. The van der Waals surface area contributed by atoms with Gasteiger partial charge in [0.2, 0.25) is 5.89 Å². The van der Waals surface area contributed by atoms with E-state index in [1.165, 1.54) is 18.4 Å². The van der Waals surface area contributed by atoms with Crippen molar-refractivity contribution in [1.82, 2.24) is 10.5 Å². The van der Waals surface area contributed by atoms with Gasteiger partial charge in [-0.1, -0.05) is 12.1 Å². The highest BCUT2D eigenvalue weighted by molar-refractivity contribution is 5.66. The topological polar surface area (TPSA) is 67.5 Å². The van der Waals surface area contributed by atoms with Crippen molar-refractivity contribution in [3.63, 3.8) is 0 Å². The van der Waals surface area contributed by atoms with E-state index in [0.29, 0.717) is 17.0 Å². The van der Waals surface area contributed by atoms with Gasteiger partial charge < -0.3 is 14.4 Å². The van der Waals surface area contributed by atoms with Gasteiger partial charge in [0.25, 0.3) is 0 Å². The maximum Gasteiger partial charge on any atom is 0.416 e. The van der Waals surface area contributed by atoms with E-state index in [2.05, 4.69) is 10.5 Å². The molecule has 8 heteroatoms. The molecule has 31 heavy (non-hydrogen) atoms. The summed E-state index contributed by atoms with van der Waals surface area (Å²) in [6.07, 6.45) is -1.07. The van der Waals surface area contributed by atoms with Crippen molar-refractivity contribution >= 4 is 5.57 Å². The van der Waals surface area contributed by atoms with Crippen LogP contribution >= 0.6 is 0 Å². The van der Waals surface area contributed by atoms with Crippen molar-refractivity contribution in [3.05, 3.63) is 77.2 Å². The van der Waals surface area contributed by atoms with Crippen LogP contribution in [0.1, 0.15) is 36.2 Å². The van der Waals surface area contributed by atoms with Crippen molar-refractivity contribution in [3.8, 4) is 17.2 Å². The number of rotatable bonds is 7. The Kier molecular flexibility index (Phi) is 6.82. The van der Waals surface area contributed by atoms with Crippen LogP contribution in [-0.2, 0) is 12.8 Å². The number of halogens is 3. The minimum absolute atomic E-state index is 0.143. The number of nitrogens with one attached hydrogen (secondary N) is 1. The van der Waals surface area contributed by atoms with Crippen LogP contribution in [0.2, 0.25) is 0 Å². The lowest BCUT2D eigenvalue weighted by atomic mass is 10.0. The second-order valence-corrected chi connectivity index (χ2v) is 7.31. The summed E-state index contributed by atoms with van der Waals surface area (Å²) in [6.45, 7) is 5.87. The van der Waals surface area contributed by atoms with Crippen LogP contribution in [0.25, 0.3) is 17.0 Å². The molecule has 1 heterocycles. The van der Waals surface area contributed by atoms with E-state index in [1.807, 2.05) is 45.0 Å². The minimum atomic E-state index is -4.39. The fourth-order valence-electron chi connectivity index (χ4n) is 3.03. The van der Waals surface area contributed by atoms with Gasteiger partial charge in [0.05, 0.1) is 5.56 Å². The molecule has 0 saturated heterocycles. The number of nitrogens with zero attached hydrogens (tertiary/aromatic N) is 1. The highest BCUT2D eigenvalue weighted by Crippen LogP contribution is 2.31. The van der Waals surface area contributed by atoms with Crippen LogP contribution in [0.5, 0.6) is 5.75 Å². The van der Waals surface area contributed by atoms with Gasteiger partial charge in [-0.05, 0) is 73.9 Å². The molecule has 3 rings (SSSR count). The molecule has 3 aromatic rings. The molecule has 0 bridgehead atoms. The van der Waals surface area contributed by atoms with E-state index in [0.717, 1.165) is 28.8 Å². The predicted molar refractivity (Wildman–Crippen MR) is 110 cm³/mol. The summed E-state index contributed by atoms with van der Waals surface area (Å²) in [5.41, 5.74) is 5.38. The van der Waals surface area contributed by atoms with Gasteiger partial charge in [-0.25, -0.2) is 4.98 Å². The zero-order valence-corrected chi connectivity index (χ0v) is 17.3. The lowest BCUT2D eigenvalue weighted by Crippen LogP contribution is -2.19. The first-order valence-corrected chi connectivity index (χ1v) is 9.60. The summed E-state index contributed by atoms with van der Waals surface area (Å²) in [7, 11) is 0. The Balaban J connectivity index is 1.70. The van der Waals surface area contributed by atoms with Crippen LogP contribution in [0.4, 0.5) is 13.2 Å². The van der Waals surface area contributed by atoms with Crippen molar-refractivity contribution < 1.29 is 27.5 Å². The van der Waals surface area contributed by atoms with Crippen molar-refractivity contribution in [2.24, 2.45) is 0 Å². The van der Waals surface area contributed by atoms with Gasteiger partial charge in [-0.3, -0.25) is 0 Å². The fraction of sp³-hybridized carbons (Fsp3) is 0.261. The van der Waals surface area contributed by atoms with Crippen molar-refractivity contribution in [1.29, 1.82) is 0 Å². The van der Waals surface area contributed by atoms with Crippen LogP contribution < -0.4 is 10.2 Å². The van der Waals surface area contributed by atoms with Gasteiger partial charge in [-0.15, -0.1) is 0 Å². The van der Waals surface area contributed by atoms with E-state index in [-0.39, 0.29) is 18.5 Å². The first kappa shape index (κ1) is 22.6. The smallest absolute Gasteiger partial charge is 0.416 e. The lowest BCUT2D eigenvalue weighted by molar-refractivity contribution is -0.137. The molecule has 2 aromatic carbocycles. The number of aryl methyl sites for hydroxylation is 1. The summed E-state index contributed by atoms with van der Waals surface area (Å²) in [6, 6.07) is 10.2. The fourth-order valence-corrected chi connectivity index (χ4v) is 3.03. The van der Waals surface area contributed by atoms with Crippen LogP contribution in [0.15, 0.2) is 59.2 Å². The molecule has 0 aliphatic heterocycles. The number of ether oxygens (including phenoxy) is 1. The molecule has 0 saturated carbocycles. The maximum absolute atomic E-state index is 12.7. The lowest BCUT2D eigenvalue weighted by Gasteiger charge is -2.11. The quantitative estimate of drug-likeness (QED) is 0.447. The van der Waals surface area contributed by atoms with Gasteiger partial charge >= 0.3 is 6.18 Å². The number of hydroxylamine groups is 1. The van der Waals surface area contributed by atoms with E-state index in [1.54, 1.807) is 0 Å². The maximum atomic E-state index is 12.7. The largest absolute Gasteiger partial charge is 0.487 e. The average Bonchev–Trinajstić information content (AvgIpc) is 3.20. The number of allylic oxidation sites excluding steroid dienone is 1. The molecule has 1 atom stereocenters. The van der Waals surface area contributed by atoms with Gasteiger partial charge in [0.1, 0.15) is 24.3 Å². The van der Waals surface area contributed by atoms with E-state index in [4.69, 9.17) is 14.4 Å². The number of alkyl halides is 3. The Morgan fingerprint density at radius 1 is 1.23 bits per heavy atom. The molecule has 1 unspecified atom stereocenters. The third kappa shape index (κ3) is 5.96. The van der Waals surface area contributed by atoms with Gasteiger partial charge in [-0.2, -0.15) is 18.7 Å². The van der Waals surface area contributed by atoms with E-state index < -0.39 is 11.7 Å². The number of aromatic nitrogens is 1. The highest BCUT2D eigenvalue weighted by atomic mass is 19.4. The van der Waals surface area contributed by atoms with Crippen molar-refractivity contribution in [2.75, 3.05) is 0 Å². The van der Waals surface area contributed by atoms with Crippen LogP contribution in [-0.4, -0.2) is 16.2 Å². The normalized spacial score (nSPS) is 13.3. The Hall–Kier alpha value is -3.10. The Morgan fingerprint density at radius 3 is 2.58 bits per heavy atom. The first-order chi connectivity index (χ1) is 14.7. The van der Waals surface area contributed by atoms with E-state index >= 15 is 0 Å². The minimum Gasteiger partial charge on any atom is -0.487 e. The molecule has 0 amide bonds. The standard InChI is InChI=1S/C23H23F3N2O3/c1-14-8-18(15(2)10-16(3)28-29)11-21(9-14)30-12-20-13-31-22(27-20)17-4-6-19(7-5-17)23(24,25)26/h4-11,13,16,28-29H,12H2,1-3H3/b15-10+. The molecule has 164 valence electrons. The Labute approximate surface area is 178 Å². The highest BCUT2D eigenvalue weighted by Gasteiger charge is 2.30. The number of hydrogen-bond acceptors (Lipinski definition) is 5. The molecular formula is C23H23F3N2O3. The molecule has 0 fully saturated rings. The molecule has 0 aliphatic carbocycles. The molecular weight excluding hydrogens is 409 g/mol. The molecule has 1 aromatic heterocycles. The van der Waals surface area contributed by atoms with Crippen LogP contribution in [0.3, 0.4) is 0 Å². The first-order valence-electron chi connectivity index (χ1n) is 9.60. The third-order valence-electron chi connectivity index (χ3n) is 4.61. The molecule has 2 N–H and O–H groups in total. The summed E-state index contributed by atoms with van der Waals surface area (Å²) in [5, 5.41) is 9.00. The zero-order chi connectivity index (χ0) is 22.6. The van der Waals surface area contributed by atoms with Gasteiger partial charge in [0, 0.05) is 11.6 Å². The molecule has 0 radical (unpaired) electrons. The number of oxazole rings is 1.